The van der Waals surface area contributed by atoms with E-state index in [4.69, 9.17) is 28.8 Å². The molecule has 0 aliphatic rings. The van der Waals surface area contributed by atoms with Crippen molar-refractivity contribution in [3.8, 4) is 0 Å². The van der Waals surface area contributed by atoms with Crippen LogP contribution < -0.4 is 0 Å². The normalized spacial score (nSPS) is 11.8. The van der Waals surface area contributed by atoms with E-state index in [-0.39, 0.29) is 30.4 Å². The van der Waals surface area contributed by atoms with Gasteiger partial charge < -0.3 is 33.7 Å². The molecular formula is C57H113NO8. The minimum Gasteiger partial charge on any atom is -0.465 e. The van der Waals surface area contributed by atoms with Gasteiger partial charge in [-0.05, 0) is 70.9 Å². The van der Waals surface area contributed by atoms with Gasteiger partial charge in [0, 0.05) is 19.8 Å². The van der Waals surface area contributed by atoms with E-state index in [2.05, 4.69) is 32.6 Å². The second kappa shape index (κ2) is 54.7. The Bertz CT molecular complexity index is 875. The van der Waals surface area contributed by atoms with Gasteiger partial charge in [0.05, 0.1) is 58.1 Å². The van der Waals surface area contributed by atoms with Crippen molar-refractivity contribution in [2.24, 2.45) is 11.8 Å². The first-order valence-corrected chi connectivity index (χ1v) is 28.9. The summed E-state index contributed by atoms with van der Waals surface area (Å²) in [5.41, 5.74) is 0. The van der Waals surface area contributed by atoms with E-state index >= 15 is 0 Å². The molecular weight excluding hydrogens is 827 g/mol. The van der Waals surface area contributed by atoms with Crippen LogP contribution in [0.3, 0.4) is 0 Å². The molecule has 0 fully saturated rings. The van der Waals surface area contributed by atoms with Crippen LogP contribution in [0.4, 0.5) is 0 Å². The lowest BCUT2D eigenvalue weighted by molar-refractivity contribution is -0.150. The Kier molecular flexibility index (Phi) is 53.6. The molecule has 0 aromatic heterocycles. The molecule has 0 bridgehead atoms. The number of aliphatic hydroxyl groups excluding tert-OH is 1. The number of carbonyl (C=O) groups is 2. The molecule has 0 saturated heterocycles. The van der Waals surface area contributed by atoms with Crippen LogP contribution in [0.1, 0.15) is 265 Å². The Morgan fingerprint density at radius 1 is 0.333 bits per heavy atom. The molecule has 9 heteroatoms. The molecule has 1 N–H and O–H groups in total. The molecule has 0 radical (unpaired) electrons. The Morgan fingerprint density at radius 3 is 1.00 bits per heavy atom. The van der Waals surface area contributed by atoms with Crippen LogP contribution in [-0.2, 0) is 33.3 Å². The smallest absolute Gasteiger partial charge is 0.308 e. The average Bonchev–Trinajstić information content (AvgIpc) is 3.32. The number of aliphatic hydroxyl groups is 1. The molecule has 0 saturated carbocycles. The molecule has 0 amide bonds. The van der Waals surface area contributed by atoms with Crippen molar-refractivity contribution < 1.29 is 38.4 Å². The van der Waals surface area contributed by atoms with Gasteiger partial charge in [-0.15, -0.1) is 0 Å². The highest BCUT2D eigenvalue weighted by Crippen LogP contribution is 2.23. The van der Waals surface area contributed by atoms with Gasteiger partial charge in [-0.25, -0.2) is 0 Å². The van der Waals surface area contributed by atoms with Gasteiger partial charge in [0.25, 0.3) is 0 Å². The Morgan fingerprint density at radius 2 is 0.636 bits per heavy atom. The maximum atomic E-state index is 13.2. The number of carbonyl (C=O) groups excluding carboxylic acids is 2. The van der Waals surface area contributed by atoms with Crippen molar-refractivity contribution in [1.82, 2.24) is 4.90 Å². The number of hydrogen-bond acceptors (Lipinski definition) is 9. The van der Waals surface area contributed by atoms with Crippen LogP contribution >= 0.6 is 0 Å². The van der Waals surface area contributed by atoms with E-state index in [1.165, 1.54) is 128 Å². The Balaban J connectivity index is 4.76. The highest BCUT2D eigenvalue weighted by Gasteiger charge is 2.20. The third-order valence-electron chi connectivity index (χ3n) is 13.3. The number of hydrogen-bond donors (Lipinski definition) is 1. The lowest BCUT2D eigenvalue weighted by atomic mass is 9.94. The summed E-state index contributed by atoms with van der Waals surface area (Å²) in [5, 5.41) is 8.88. The summed E-state index contributed by atoms with van der Waals surface area (Å²) >= 11 is 0. The van der Waals surface area contributed by atoms with Gasteiger partial charge in [-0.1, -0.05) is 207 Å². The maximum absolute atomic E-state index is 13.2. The molecule has 0 heterocycles. The summed E-state index contributed by atoms with van der Waals surface area (Å²) in [6.07, 6.45) is 43.4. The zero-order valence-corrected chi connectivity index (χ0v) is 44.6. The van der Waals surface area contributed by atoms with Crippen LogP contribution in [0.5, 0.6) is 0 Å². The van der Waals surface area contributed by atoms with Crippen LogP contribution in [0.2, 0.25) is 0 Å². The van der Waals surface area contributed by atoms with E-state index in [1.54, 1.807) is 0 Å². The van der Waals surface area contributed by atoms with Crippen LogP contribution in [0.15, 0.2) is 0 Å². The molecule has 394 valence electrons. The van der Waals surface area contributed by atoms with Crippen molar-refractivity contribution in [1.29, 1.82) is 0 Å². The molecule has 0 aromatic rings. The van der Waals surface area contributed by atoms with Crippen molar-refractivity contribution >= 4 is 11.9 Å². The largest absolute Gasteiger partial charge is 0.465 e. The van der Waals surface area contributed by atoms with Gasteiger partial charge in [-0.3, -0.25) is 9.59 Å². The van der Waals surface area contributed by atoms with Gasteiger partial charge in [0.15, 0.2) is 0 Å². The molecule has 0 atom stereocenters. The predicted molar refractivity (Wildman–Crippen MR) is 278 cm³/mol. The number of rotatable bonds is 56. The first-order chi connectivity index (χ1) is 32.5. The quantitative estimate of drug-likeness (QED) is 0.0471. The number of nitrogens with zero attached hydrogens (tertiary/aromatic N) is 1. The number of ether oxygens (including phenoxy) is 5. The fourth-order valence-electron chi connectivity index (χ4n) is 8.85. The van der Waals surface area contributed by atoms with Crippen molar-refractivity contribution in [2.75, 3.05) is 79.1 Å². The summed E-state index contributed by atoms with van der Waals surface area (Å²) in [7, 11) is 0. The fourth-order valence-corrected chi connectivity index (χ4v) is 8.85. The molecule has 66 heavy (non-hydrogen) atoms. The average molecular weight is 941 g/mol. The topological polar surface area (TPSA) is 104 Å². The zero-order valence-electron chi connectivity index (χ0n) is 44.6. The third-order valence-corrected chi connectivity index (χ3v) is 13.3. The Hall–Kier alpha value is -1.26. The molecule has 0 spiro atoms. The second-order valence-corrected chi connectivity index (χ2v) is 19.5. The van der Waals surface area contributed by atoms with Gasteiger partial charge in [0.2, 0.25) is 0 Å². The van der Waals surface area contributed by atoms with E-state index in [9.17, 15) is 9.59 Å². The van der Waals surface area contributed by atoms with Crippen LogP contribution in [-0.4, -0.2) is 101 Å². The highest BCUT2D eigenvalue weighted by molar-refractivity contribution is 5.72. The SMILES string of the molecule is CCCCCCCCC(CCCCCCCC)C(=O)OCCCCCCN(CCCCCCOC(=O)C(CCCCCCCC)CCCCCCCC)CCOCCOCCOCCCO. The van der Waals surface area contributed by atoms with Gasteiger partial charge in [0.1, 0.15) is 0 Å². The van der Waals surface area contributed by atoms with Crippen LogP contribution in [0.25, 0.3) is 0 Å². The lowest BCUT2D eigenvalue weighted by Crippen LogP contribution is -2.30. The summed E-state index contributed by atoms with van der Waals surface area (Å²) < 4.78 is 28.8. The molecule has 0 aliphatic heterocycles. The number of esters is 2. The minimum absolute atomic E-state index is 0.0504. The maximum Gasteiger partial charge on any atom is 0.308 e. The van der Waals surface area contributed by atoms with E-state index < -0.39 is 0 Å². The highest BCUT2D eigenvalue weighted by atomic mass is 16.5. The first-order valence-electron chi connectivity index (χ1n) is 28.9. The summed E-state index contributed by atoms with van der Waals surface area (Å²) in [6.45, 7) is 16.7. The summed E-state index contributed by atoms with van der Waals surface area (Å²) in [5.74, 6) is 0.245. The van der Waals surface area contributed by atoms with Gasteiger partial charge in [-0.2, -0.15) is 0 Å². The van der Waals surface area contributed by atoms with Crippen molar-refractivity contribution in [3.63, 3.8) is 0 Å². The summed E-state index contributed by atoms with van der Waals surface area (Å²) in [6, 6.07) is 0. The predicted octanol–water partition coefficient (Wildman–Crippen LogP) is 15.2. The lowest BCUT2D eigenvalue weighted by Gasteiger charge is -2.22. The fraction of sp³-hybridized carbons (Fsp3) is 0.965. The molecule has 0 aromatic carbocycles. The van der Waals surface area contributed by atoms with Gasteiger partial charge >= 0.3 is 11.9 Å². The monoisotopic (exact) mass is 940 g/mol. The molecule has 0 aliphatic carbocycles. The standard InChI is InChI=1S/C57H113NO8/c1-5-9-13-17-21-29-38-54(39-30-22-18-14-10-6-2)56(60)65-47-35-27-25-33-42-58(44-49-63-51-53-64-52-50-62-46-37-45-59)43-34-26-28-36-48-66-57(61)55(40-31-23-19-15-11-7-3)41-32-24-20-16-12-8-4/h54-55,59H,5-53H2,1-4H3. The zero-order chi connectivity index (χ0) is 48.1. The third kappa shape index (κ3) is 46.5. The molecule has 9 nitrogen and oxygen atoms in total. The van der Waals surface area contributed by atoms with E-state index in [0.717, 1.165) is 122 Å². The molecule has 0 rings (SSSR count). The first kappa shape index (κ1) is 64.7. The van der Waals surface area contributed by atoms with E-state index in [0.29, 0.717) is 59.3 Å². The minimum atomic E-state index is 0.0504. The van der Waals surface area contributed by atoms with Crippen LogP contribution in [0, 0.1) is 11.8 Å². The number of unbranched alkanes of at least 4 members (excludes halogenated alkanes) is 26. The summed E-state index contributed by atoms with van der Waals surface area (Å²) in [4.78, 5) is 28.9. The van der Waals surface area contributed by atoms with Crippen molar-refractivity contribution in [2.45, 2.75) is 265 Å². The Labute approximate surface area is 410 Å². The second-order valence-electron chi connectivity index (χ2n) is 19.5. The van der Waals surface area contributed by atoms with E-state index in [1.807, 2.05) is 0 Å². The van der Waals surface area contributed by atoms with Crippen molar-refractivity contribution in [3.05, 3.63) is 0 Å². The molecule has 0 unspecified atom stereocenters.